The lowest BCUT2D eigenvalue weighted by Gasteiger charge is -2.23. The van der Waals surface area contributed by atoms with Crippen molar-refractivity contribution in [3.63, 3.8) is 0 Å². The highest BCUT2D eigenvalue weighted by Crippen LogP contribution is 2.24. The summed E-state index contributed by atoms with van der Waals surface area (Å²) in [6.45, 7) is 3.98. The molecule has 2 heteroatoms. The van der Waals surface area contributed by atoms with E-state index in [1.165, 1.54) is 11.1 Å². The summed E-state index contributed by atoms with van der Waals surface area (Å²) >= 11 is 0. The van der Waals surface area contributed by atoms with Crippen LogP contribution < -0.4 is 5.32 Å². The molecule has 2 aromatic rings. The number of ether oxygens (including phenoxy) is 1. The molecule has 1 fully saturated rings. The fourth-order valence-corrected chi connectivity index (χ4v) is 3.07. The van der Waals surface area contributed by atoms with Crippen molar-refractivity contribution >= 4 is 0 Å². The van der Waals surface area contributed by atoms with Crippen LogP contribution in [-0.2, 0) is 4.74 Å². The van der Waals surface area contributed by atoms with Gasteiger partial charge in [0.05, 0.1) is 6.10 Å². The van der Waals surface area contributed by atoms with Gasteiger partial charge in [-0.2, -0.15) is 0 Å². The molecule has 21 heavy (non-hydrogen) atoms. The van der Waals surface area contributed by atoms with E-state index in [2.05, 4.69) is 72.9 Å². The molecule has 110 valence electrons. The van der Waals surface area contributed by atoms with Crippen molar-refractivity contribution in [2.24, 2.45) is 0 Å². The largest absolute Gasteiger partial charge is 0.377 e. The topological polar surface area (TPSA) is 21.3 Å². The molecule has 2 aromatic carbocycles. The molecule has 1 aliphatic heterocycles. The number of nitrogens with one attached hydrogen (secondary N) is 1. The van der Waals surface area contributed by atoms with Crippen molar-refractivity contribution in [3.8, 4) is 0 Å². The molecule has 0 aliphatic carbocycles. The summed E-state index contributed by atoms with van der Waals surface area (Å²) in [7, 11) is 0. The lowest BCUT2D eigenvalue weighted by atomic mass is 9.91. The van der Waals surface area contributed by atoms with E-state index in [4.69, 9.17) is 4.74 Å². The molecule has 3 rings (SSSR count). The Labute approximate surface area is 127 Å². The Kier molecular flexibility index (Phi) is 4.69. The molecule has 1 aliphatic rings. The van der Waals surface area contributed by atoms with Crippen LogP contribution >= 0.6 is 0 Å². The number of rotatable bonds is 5. The first kappa shape index (κ1) is 14.3. The van der Waals surface area contributed by atoms with Crippen LogP contribution in [0.25, 0.3) is 0 Å². The van der Waals surface area contributed by atoms with Crippen LogP contribution in [-0.4, -0.2) is 25.3 Å². The van der Waals surface area contributed by atoms with Crippen LogP contribution in [0.4, 0.5) is 0 Å². The third-order valence-corrected chi connectivity index (χ3v) is 4.36. The smallest absolute Gasteiger partial charge is 0.0700 e. The lowest BCUT2D eigenvalue weighted by molar-refractivity contribution is 0.113. The van der Waals surface area contributed by atoms with Crippen molar-refractivity contribution in [2.45, 2.75) is 31.4 Å². The molecule has 0 aromatic heterocycles. The summed E-state index contributed by atoms with van der Waals surface area (Å²) in [5.41, 5.74) is 2.73. The van der Waals surface area contributed by atoms with Gasteiger partial charge in [0.1, 0.15) is 0 Å². The predicted octanol–water partition coefficient (Wildman–Crippen LogP) is 3.59. The Bertz CT molecular complexity index is 501. The number of hydrogen-bond acceptors (Lipinski definition) is 2. The van der Waals surface area contributed by atoms with Gasteiger partial charge in [0.25, 0.3) is 0 Å². The van der Waals surface area contributed by atoms with Gasteiger partial charge in [0.15, 0.2) is 0 Å². The van der Waals surface area contributed by atoms with Gasteiger partial charge in [-0.05, 0) is 24.5 Å². The summed E-state index contributed by atoms with van der Waals surface area (Å²) in [6, 6.07) is 22.0. The molecule has 1 saturated heterocycles. The zero-order valence-corrected chi connectivity index (χ0v) is 12.5. The van der Waals surface area contributed by atoms with Crippen molar-refractivity contribution in [3.05, 3.63) is 71.8 Å². The molecule has 0 saturated carbocycles. The third-order valence-electron chi connectivity index (χ3n) is 4.36. The van der Waals surface area contributed by atoms with Gasteiger partial charge < -0.3 is 10.1 Å². The minimum Gasteiger partial charge on any atom is -0.377 e. The Hall–Kier alpha value is -1.64. The normalized spacial score (nSPS) is 21.8. The zero-order valence-electron chi connectivity index (χ0n) is 12.5. The highest BCUT2D eigenvalue weighted by molar-refractivity contribution is 5.32. The third kappa shape index (κ3) is 3.52. The molecule has 2 atom stereocenters. The highest BCUT2D eigenvalue weighted by Gasteiger charge is 2.25. The highest BCUT2D eigenvalue weighted by atomic mass is 16.5. The molecule has 0 bridgehead atoms. The van der Waals surface area contributed by atoms with Crippen LogP contribution in [0.3, 0.4) is 0 Å². The average molecular weight is 281 g/mol. The monoisotopic (exact) mass is 281 g/mol. The lowest BCUT2D eigenvalue weighted by Crippen LogP contribution is -2.37. The van der Waals surface area contributed by atoms with Crippen molar-refractivity contribution < 1.29 is 4.74 Å². The molecule has 0 radical (unpaired) electrons. The average Bonchev–Trinajstić information content (AvgIpc) is 2.95. The van der Waals surface area contributed by atoms with Crippen LogP contribution in [0.1, 0.15) is 30.4 Å². The van der Waals surface area contributed by atoms with Gasteiger partial charge >= 0.3 is 0 Å². The first-order valence-electron chi connectivity index (χ1n) is 7.79. The number of hydrogen-bond donors (Lipinski definition) is 1. The van der Waals surface area contributed by atoms with Gasteiger partial charge in [-0.15, -0.1) is 0 Å². The van der Waals surface area contributed by atoms with Gasteiger partial charge in [0.2, 0.25) is 0 Å². The minimum absolute atomic E-state index is 0.317. The summed E-state index contributed by atoms with van der Waals surface area (Å²) in [5, 5.41) is 3.70. The van der Waals surface area contributed by atoms with E-state index < -0.39 is 0 Å². The van der Waals surface area contributed by atoms with E-state index in [-0.39, 0.29) is 0 Å². The van der Waals surface area contributed by atoms with Crippen molar-refractivity contribution in [2.75, 3.05) is 13.2 Å². The molecule has 2 unspecified atom stereocenters. The Morgan fingerprint density at radius 3 is 2.05 bits per heavy atom. The van der Waals surface area contributed by atoms with E-state index in [0.29, 0.717) is 18.1 Å². The fourth-order valence-electron chi connectivity index (χ4n) is 3.07. The second-order valence-electron chi connectivity index (χ2n) is 5.75. The zero-order chi connectivity index (χ0) is 14.5. The van der Waals surface area contributed by atoms with Crippen LogP contribution in [0.2, 0.25) is 0 Å². The second kappa shape index (κ2) is 6.88. The maximum atomic E-state index is 5.65. The van der Waals surface area contributed by atoms with E-state index >= 15 is 0 Å². The molecule has 0 amide bonds. The van der Waals surface area contributed by atoms with Gasteiger partial charge in [-0.25, -0.2) is 0 Å². The second-order valence-corrected chi connectivity index (χ2v) is 5.75. The summed E-state index contributed by atoms with van der Waals surface area (Å²) < 4.78 is 5.65. The first-order chi connectivity index (χ1) is 10.3. The molecule has 0 spiro atoms. The molecule has 2 nitrogen and oxygen atoms in total. The summed E-state index contributed by atoms with van der Waals surface area (Å²) in [4.78, 5) is 0. The van der Waals surface area contributed by atoms with Gasteiger partial charge in [-0.3, -0.25) is 0 Å². The number of benzene rings is 2. The van der Waals surface area contributed by atoms with Crippen molar-refractivity contribution in [1.29, 1.82) is 0 Å². The molecular weight excluding hydrogens is 258 g/mol. The Morgan fingerprint density at radius 2 is 1.57 bits per heavy atom. The maximum Gasteiger partial charge on any atom is 0.0700 e. The Balaban J connectivity index is 1.76. The van der Waals surface area contributed by atoms with Crippen LogP contribution in [0.15, 0.2) is 60.7 Å². The first-order valence-corrected chi connectivity index (χ1v) is 7.79. The minimum atomic E-state index is 0.317. The van der Waals surface area contributed by atoms with E-state index in [1.807, 2.05) is 0 Å². The molecule has 1 N–H and O–H groups in total. The summed E-state index contributed by atoms with van der Waals surface area (Å²) in [5.74, 6) is 0.389. The Morgan fingerprint density at radius 1 is 1.00 bits per heavy atom. The quantitative estimate of drug-likeness (QED) is 0.904. The van der Waals surface area contributed by atoms with E-state index in [1.54, 1.807) is 0 Å². The predicted molar refractivity (Wildman–Crippen MR) is 86.5 cm³/mol. The van der Waals surface area contributed by atoms with Crippen LogP contribution in [0, 0.1) is 0 Å². The standard InChI is InChI=1S/C19H23NO/c1-15-19(12-13-21-15)20-14-18(16-8-4-2-5-9-16)17-10-6-3-7-11-17/h2-11,15,18-20H,12-14H2,1H3. The molecule has 1 heterocycles. The van der Waals surface area contributed by atoms with Gasteiger partial charge in [-0.1, -0.05) is 60.7 Å². The van der Waals surface area contributed by atoms with E-state index in [0.717, 1.165) is 19.6 Å². The van der Waals surface area contributed by atoms with E-state index in [9.17, 15) is 0 Å². The SMILES string of the molecule is CC1OCCC1NCC(c1ccccc1)c1ccccc1. The van der Waals surface area contributed by atoms with Crippen LogP contribution in [0.5, 0.6) is 0 Å². The van der Waals surface area contributed by atoms with Crippen molar-refractivity contribution in [1.82, 2.24) is 5.32 Å². The molecular formula is C19H23NO. The summed E-state index contributed by atoms with van der Waals surface area (Å²) in [6.07, 6.45) is 1.43. The fraction of sp³-hybridized carbons (Fsp3) is 0.368. The van der Waals surface area contributed by atoms with Gasteiger partial charge in [0, 0.05) is 25.1 Å². The maximum absolute atomic E-state index is 5.65.